The lowest BCUT2D eigenvalue weighted by Crippen LogP contribution is -2.48. The van der Waals surface area contributed by atoms with Crippen molar-refractivity contribution in [1.82, 2.24) is 10.9 Å². The predicted molar refractivity (Wildman–Crippen MR) is 91.1 cm³/mol. The number of ether oxygens (including phenoxy) is 1. The zero-order valence-corrected chi connectivity index (χ0v) is 13.7. The molecule has 25 heavy (non-hydrogen) atoms. The van der Waals surface area contributed by atoms with E-state index in [4.69, 9.17) is 21.6 Å². The van der Waals surface area contributed by atoms with Gasteiger partial charge in [-0.3, -0.25) is 15.1 Å². The first-order valence-corrected chi connectivity index (χ1v) is 7.75. The minimum absolute atomic E-state index is 0.226. The largest absolute Gasteiger partial charge is 0.455 e. The molecule has 1 aliphatic rings. The number of para-hydroxylation sites is 1. The first kappa shape index (κ1) is 16.6. The molecule has 3 amide bonds. The van der Waals surface area contributed by atoms with Gasteiger partial charge in [0, 0.05) is 10.6 Å². The third-order valence-corrected chi connectivity index (χ3v) is 3.76. The van der Waals surface area contributed by atoms with Gasteiger partial charge >= 0.3 is 6.03 Å². The van der Waals surface area contributed by atoms with Crippen LogP contribution in [0.5, 0.6) is 11.5 Å². The number of benzene rings is 2. The van der Waals surface area contributed by atoms with Crippen molar-refractivity contribution in [3.63, 3.8) is 0 Å². The maximum absolute atomic E-state index is 12.6. The summed E-state index contributed by atoms with van der Waals surface area (Å²) in [6, 6.07) is 13.4. The summed E-state index contributed by atoms with van der Waals surface area (Å²) in [4.78, 5) is 25.3. The van der Waals surface area contributed by atoms with Gasteiger partial charge in [-0.25, -0.2) is 10.2 Å². The number of urea groups is 1. The summed E-state index contributed by atoms with van der Waals surface area (Å²) in [5.74, 6) is 0.497. The van der Waals surface area contributed by atoms with E-state index in [1.165, 1.54) is 4.90 Å². The Kier molecular flexibility index (Phi) is 4.73. The van der Waals surface area contributed by atoms with E-state index in [1.807, 2.05) is 24.3 Å². The molecule has 1 heterocycles. The van der Waals surface area contributed by atoms with Gasteiger partial charge in [-0.15, -0.1) is 0 Å². The molecule has 0 unspecified atom stereocenters. The number of halogens is 1. The van der Waals surface area contributed by atoms with Gasteiger partial charge < -0.3 is 4.74 Å². The van der Waals surface area contributed by atoms with E-state index in [1.54, 1.807) is 24.3 Å². The SMILES string of the molecule is N#CCC(=O)NNC(=O)N1Cc2ccccc2Oc2ccc(Cl)cc21. The zero-order chi connectivity index (χ0) is 17.8. The van der Waals surface area contributed by atoms with Crippen molar-refractivity contribution in [3.8, 4) is 17.6 Å². The molecule has 0 bridgehead atoms. The van der Waals surface area contributed by atoms with Gasteiger partial charge in [0.05, 0.1) is 18.3 Å². The van der Waals surface area contributed by atoms with Gasteiger partial charge in [0.1, 0.15) is 12.2 Å². The summed E-state index contributed by atoms with van der Waals surface area (Å²) in [7, 11) is 0. The smallest absolute Gasteiger partial charge is 0.341 e. The minimum Gasteiger partial charge on any atom is -0.455 e. The molecule has 0 spiro atoms. The maximum atomic E-state index is 12.6. The van der Waals surface area contributed by atoms with Crippen LogP contribution < -0.4 is 20.5 Å². The number of nitrogens with one attached hydrogen (secondary N) is 2. The number of carbonyl (C=O) groups is 2. The molecular formula is C17H13ClN4O3. The summed E-state index contributed by atoms with van der Waals surface area (Å²) in [6.45, 7) is 0.226. The van der Waals surface area contributed by atoms with Crippen LogP contribution in [-0.4, -0.2) is 11.9 Å². The van der Waals surface area contributed by atoms with E-state index in [-0.39, 0.29) is 13.0 Å². The van der Waals surface area contributed by atoms with Crippen LogP contribution in [0.15, 0.2) is 42.5 Å². The zero-order valence-electron chi connectivity index (χ0n) is 13.0. The molecule has 2 aromatic carbocycles. The van der Waals surface area contributed by atoms with Gasteiger partial charge in [-0.2, -0.15) is 5.26 Å². The van der Waals surface area contributed by atoms with E-state index in [2.05, 4.69) is 10.9 Å². The third-order valence-electron chi connectivity index (χ3n) is 3.53. The number of nitrogens with zero attached hydrogens (tertiary/aromatic N) is 2. The highest BCUT2D eigenvalue weighted by atomic mass is 35.5. The Labute approximate surface area is 148 Å². The number of fused-ring (bicyclic) bond motifs is 2. The van der Waals surface area contributed by atoms with Crippen molar-refractivity contribution >= 4 is 29.2 Å². The average Bonchev–Trinajstić information content (AvgIpc) is 2.76. The number of hydrogen-bond donors (Lipinski definition) is 2. The highest BCUT2D eigenvalue weighted by molar-refractivity contribution is 6.31. The Hall–Kier alpha value is -3.24. The van der Waals surface area contributed by atoms with Crippen LogP contribution in [0.25, 0.3) is 0 Å². The highest BCUT2D eigenvalue weighted by Crippen LogP contribution is 2.40. The second kappa shape index (κ2) is 7.11. The van der Waals surface area contributed by atoms with Crippen molar-refractivity contribution in [2.24, 2.45) is 0 Å². The number of amides is 3. The third kappa shape index (κ3) is 3.65. The van der Waals surface area contributed by atoms with Crippen LogP contribution in [0.3, 0.4) is 0 Å². The number of anilines is 1. The van der Waals surface area contributed by atoms with Gasteiger partial charge in [-0.05, 0) is 24.3 Å². The van der Waals surface area contributed by atoms with Gasteiger partial charge in [0.25, 0.3) is 5.91 Å². The lowest BCUT2D eigenvalue weighted by Gasteiger charge is -2.22. The van der Waals surface area contributed by atoms with Crippen LogP contribution in [0.4, 0.5) is 10.5 Å². The van der Waals surface area contributed by atoms with Crippen LogP contribution >= 0.6 is 11.6 Å². The number of carbonyl (C=O) groups excluding carboxylic acids is 2. The van der Waals surface area contributed by atoms with Crippen molar-refractivity contribution in [2.75, 3.05) is 4.90 Å². The summed E-state index contributed by atoms with van der Waals surface area (Å²) < 4.78 is 5.89. The molecule has 0 radical (unpaired) electrons. The summed E-state index contributed by atoms with van der Waals surface area (Å²) in [5.41, 5.74) is 5.76. The maximum Gasteiger partial charge on any atom is 0.341 e. The fourth-order valence-corrected chi connectivity index (χ4v) is 2.55. The standard InChI is InChI=1S/C17H13ClN4O3/c18-12-5-6-15-13(9-12)22(17(24)21-20-16(23)7-8-19)10-11-3-1-2-4-14(11)25-15/h1-6,9H,7,10H2,(H,20,23)(H,21,24). The molecule has 3 rings (SSSR count). The van der Waals surface area contributed by atoms with Crippen LogP contribution in [0.2, 0.25) is 5.02 Å². The highest BCUT2D eigenvalue weighted by Gasteiger charge is 2.25. The lowest BCUT2D eigenvalue weighted by atomic mass is 10.2. The minimum atomic E-state index is -0.603. The summed E-state index contributed by atoms with van der Waals surface area (Å²) >= 11 is 6.06. The van der Waals surface area contributed by atoms with E-state index in [0.717, 1.165) is 5.56 Å². The Morgan fingerprint density at radius 2 is 2.00 bits per heavy atom. The molecule has 7 nitrogen and oxygen atoms in total. The quantitative estimate of drug-likeness (QED) is 0.767. The average molecular weight is 357 g/mol. The first-order valence-electron chi connectivity index (χ1n) is 7.37. The monoisotopic (exact) mass is 356 g/mol. The number of hydrogen-bond acceptors (Lipinski definition) is 4. The fourth-order valence-electron chi connectivity index (χ4n) is 2.38. The van der Waals surface area contributed by atoms with Crippen LogP contribution in [-0.2, 0) is 11.3 Å². The fraction of sp³-hybridized carbons (Fsp3) is 0.118. The van der Waals surface area contributed by atoms with E-state index in [9.17, 15) is 9.59 Å². The van der Waals surface area contributed by atoms with Crippen molar-refractivity contribution in [2.45, 2.75) is 13.0 Å². The van der Waals surface area contributed by atoms with Crippen molar-refractivity contribution in [3.05, 3.63) is 53.1 Å². The molecule has 0 saturated heterocycles. The molecule has 8 heteroatoms. The molecule has 0 atom stereocenters. The molecule has 126 valence electrons. The topological polar surface area (TPSA) is 94.5 Å². The number of nitriles is 1. The first-order chi connectivity index (χ1) is 12.1. The molecule has 0 fully saturated rings. The summed E-state index contributed by atoms with van der Waals surface area (Å²) in [6.07, 6.45) is -0.353. The molecular weight excluding hydrogens is 344 g/mol. The Bertz CT molecular complexity index is 878. The second-order valence-electron chi connectivity index (χ2n) is 5.22. The Balaban J connectivity index is 1.92. The molecule has 2 N–H and O–H groups in total. The van der Waals surface area contributed by atoms with Crippen molar-refractivity contribution < 1.29 is 14.3 Å². The number of hydrazine groups is 1. The molecule has 0 aliphatic carbocycles. The van der Waals surface area contributed by atoms with Crippen LogP contribution in [0, 0.1) is 11.3 Å². The predicted octanol–water partition coefficient (Wildman–Crippen LogP) is 3.11. The number of rotatable bonds is 1. The normalized spacial score (nSPS) is 11.9. The molecule has 2 aromatic rings. The molecule has 0 aromatic heterocycles. The van der Waals surface area contributed by atoms with Crippen LogP contribution in [0.1, 0.15) is 12.0 Å². The van der Waals surface area contributed by atoms with Crippen molar-refractivity contribution in [1.29, 1.82) is 5.26 Å². The lowest BCUT2D eigenvalue weighted by molar-refractivity contribution is -0.120. The Morgan fingerprint density at radius 1 is 1.20 bits per heavy atom. The molecule has 0 saturated carbocycles. The second-order valence-corrected chi connectivity index (χ2v) is 5.66. The van der Waals surface area contributed by atoms with E-state index >= 15 is 0 Å². The van der Waals surface area contributed by atoms with Gasteiger partial charge in [0.2, 0.25) is 0 Å². The summed E-state index contributed by atoms with van der Waals surface area (Å²) in [5, 5.41) is 8.94. The van der Waals surface area contributed by atoms with Gasteiger partial charge in [0.15, 0.2) is 5.75 Å². The molecule has 1 aliphatic heterocycles. The van der Waals surface area contributed by atoms with E-state index < -0.39 is 11.9 Å². The van der Waals surface area contributed by atoms with Gasteiger partial charge in [-0.1, -0.05) is 29.8 Å². The Morgan fingerprint density at radius 3 is 2.80 bits per heavy atom. The van der Waals surface area contributed by atoms with E-state index in [0.29, 0.717) is 22.2 Å².